The van der Waals surface area contributed by atoms with E-state index in [1.165, 1.54) is 43.3 Å². The van der Waals surface area contributed by atoms with E-state index in [0.717, 1.165) is 6.07 Å². The molecule has 0 saturated carbocycles. The van der Waals surface area contributed by atoms with Crippen molar-refractivity contribution < 1.29 is 33.7 Å². The highest BCUT2D eigenvalue weighted by atomic mass is 19.1. The van der Waals surface area contributed by atoms with Gasteiger partial charge in [0.1, 0.15) is 11.5 Å². The normalized spacial score (nSPS) is 11.6. The van der Waals surface area contributed by atoms with Crippen LogP contribution in [0.4, 0.5) is 4.39 Å². The van der Waals surface area contributed by atoms with E-state index in [1.54, 1.807) is 0 Å². The van der Waals surface area contributed by atoms with Crippen molar-refractivity contribution in [3.8, 4) is 17.2 Å². The summed E-state index contributed by atoms with van der Waals surface area (Å²) in [5, 5.41) is 17.5. The largest absolute Gasteiger partial charge is 0.479 e. The average molecular weight is 320 g/mol. The molecule has 6 nitrogen and oxygen atoms in total. The summed E-state index contributed by atoms with van der Waals surface area (Å²) < 4.78 is 24.2. The molecule has 0 bridgehead atoms. The Morgan fingerprint density at radius 1 is 1.04 bits per heavy atom. The molecule has 1 atom stereocenters. The summed E-state index contributed by atoms with van der Waals surface area (Å²) in [6.07, 6.45) is -0.997. The Labute approximate surface area is 130 Å². The monoisotopic (exact) mass is 320 g/mol. The standard InChI is InChI=1S/C16H13FO6/c1-9(15(18)19)22-11-3-5-12(6-4-11)23-14-7-2-10(16(20)21)8-13(14)17/h2-9H,1H3,(H,18,19)(H,20,21)/t9-/m1/s1. The van der Waals surface area contributed by atoms with Gasteiger partial charge in [0.2, 0.25) is 0 Å². The Morgan fingerprint density at radius 3 is 2.17 bits per heavy atom. The van der Waals surface area contributed by atoms with E-state index < -0.39 is 23.9 Å². The minimum absolute atomic E-state index is 0.123. The van der Waals surface area contributed by atoms with Crippen LogP contribution < -0.4 is 9.47 Å². The third kappa shape index (κ3) is 4.19. The molecule has 0 amide bonds. The van der Waals surface area contributed by atoms with E-state index in [0.29, 0.717) is 11.5 Å². The van der Waals surface area contributed by atoms with Crippen molar-refractivity contribution >= 4 is 11.9 Å². The van der Waals surface area contributed by atoms with Crippen LogP contribution in [-0.4, -0.2) is 28.3 Å². The topological polar surface area (TPSA) is 93.1 Å². The summed E-state index contributed by atoms with van der Waals surface area (Å²) in [6, 6.07) is 9.24. The van der Waals surface area contributed by atoms with Gasteiger partial charge in [-0.2, -0.15) is 0 Å². The molecule has 0 aromatic heterocycles. The van der Waals surface area contributed by atoms with Gasteiger partial charge in [-0.3, -0.25) is 0 Å². The van der Waals surface area contributed by atoms with E-state index >= 15 is 0 Å². The minimum atomic E-state index is -1.23. The van der Waals surface area contributed by atoms with Gasteiger partial charge >= 0.3 is 11.9 Å². The van der Waals surface area contributed by atoms with Crippen LogP contribution in [0, 0.1) is 5.82 Å². The van der Waals surface area contributed by atoms with Gasteiger partial charge in [-0.1, -0.05) is 0 Å². The molecule has 2 rings (SSSR count). The zero-order valence-corrected chi connectivity index (χ0v) is 12.0. The molecule has 0 radical (unpaired) electrons. The Hall–Kier alpha value is -3.09. The number of benzene rings is 2. The third-order valence-electron chi connectivity index (χ3n) is 2.89. The van der Waals surface area contributed by atoms with Crippen LogP contribution in [-0.2, 0) is 4.79 Å². The van der Waals surface area contributed by atoms with Gasteiger partial charge in [0.25, 0.3) is 0 Å². The van der Waals surface area contributed by atoms with Crippen LogP contribution in [0.2, 0.25) is 0 Å². The Kier molecular flexibility index (Phi) is 4.80. The predicted octanol–water partition coefficient (Wildman–Crippen LogP) is 3.17. The molecule has 2 N–H and O–H groups in total. The number of hydrogen-bond acceptors (Lipinski definition) is 4. The lowest BCUT2D eigenvalue weighted by Crippen LogP contribution is -2.22. The van der Waals surface area contributed by atoms with E-state index in [2.05, 4.69) is 0 Å². The lowest BCUT2D eigenvalue weighted by Gasteiger charge is -2.11. The van der Waals surface area contributed by atoms with E-state index in [9.17, 15) is 14.0 Å². The molecule has 0 aliphatic rings. The molecule has 2 aromatic carbocycles. The van der Waals surface area contributed by atoms with Gasteiger partial charge in [0.15, 0.2) is 17.7 Å². The van der Waals surface area contributed by atoms with Crippen molar-refractivity contribution in [3.05, 3.63) is 53.8 Å². The van der Waals surface area contributed by atoms with E-state index in [1.807, 2.05) is 0 Å². The quantitative estimate of drug-likeness (QED) is 0.849. The number of aromatic carboxylic acids is 1. The van der Waals surface area contributed by atoms with Crippen LogP contribution in [0.25, 0.3) is 0 Å². The van der Waals surface area contributed by atoms with Crippen LogP contribution >= 0.6 is 0 Å². The van der Waals surface area contributed by atoms with Crippen molar-refractivity contribution in [2.24, 2.45) is 0 Å². The molecule has 120 valence electrons. The first-order valence-electron chi connectivity index (χ1n) is 6.57. The third-order valence-corrected chi connectivity index (χ3v) is 2.89. The number of halogens is 1. The number of ether oxygens (including phenoxy) is 2. The molecule has 2 aromatic rings. The Morgan fingerprint density at radius 2 is 1.65 bits per heavy atom. The van der Waals surface area contributed by atoms with E-state index in [-0.39, 0.29) is 11.3 Å². The summed E-state index contributed by atoms with van der Waals surface area (Å²) in [5.41, 5.74) is -0.179. The zero-order chi connectivity index (χ0) is 17.0. The summed E-state index contributed by atoms with van der Waals surface area (Å²) in [4.78, 5) is 21.4. The van der Waals surface area contributed by atoms with Crippen LogP contribution in [0.1, 0.15) is 17.3 Å². The SMILES string of the molecule is C[C@@H](Oc1ccc(Oc2ccc(C(=O)O)cc2F)cc1)C(=O)O. The number of hydrogen-bond donors (Lipinski definition) is 2. The molecule has 7 heteroatoms. The molecule has 23 heavy (non-hydrogen) atoms. The molecule has 0 aliphatic heterocycles. The molecular formula is C16H13FO6. The fraction of sp³-hybridized carbons (Fsp3) is 0.125. The van der Waals surface area contributed by atoms with Crippen LogP contribution in [0.5, 0.6) is 17.2 Å². The number of rotatable bonds is 6. The summed E-state index contributed by atoms with van der Waals surface area (Å²) >= 11 is 0. The maximum absolute atomic E-state index is 13.8. The van der Waals surface area contributed by atoms with Gasteiger partial charge in [-0.05, 0) is 49.4 Å². The molecule has 0 unspecified atom stereocenters. The van der Waals surface area contributed by atoms with E-state index in [4.69, 9.17) is 19.7 Å². The predicted molar refractivity (Wildman–Crippen MR) is 77.6 cm³/mol. The fourth-order valence-electron chi connectivity index (χ4n) is 1.68. The number of carboxylic acids is 2. The minimum Gasteiger partial charge on any atom is -0.479 e. The number of carbonyl (C=O) groups is 2. The number of aliphatic carboxylic acids is 1. The van der Waals surface area contributed by atoms with Gasteiger partial charge in [0, 0.05) is 0 Å². The molecular weight excluding hydrogens is 307 g/mol. The smallest absolute Gasteiger partial charge is 0.344 e. The van der Waals surface area contributed by atoms with Gasteiger partial charge in [0.05, 0.1) is 5.56 Å². The second-order valence-corrected chi connectivity index (χ2v) is 4.62. The average Bonchev–Trinajstić information content (AvgIpc) is 2.50. The second kappa shape index (κ2) is 6.78. The lowest BCUT2D eigenvalue weighted by atomic mass is 10.2. The fourth-order valence-corrected chi connectivity index (χ4v) is 1.68. The molecule has 0 spiro atoms. The molecule has 0 heterocycles. The summed E-state index contributed by atoms with van der Waals surface area (Å²) in [6.45, 7) is 1.39. The van der Waals surface area contributed by atoms with Crippen molar-refractivity contribution in [1.29, 1.82) is 0 Å². The summed E-state index contributed by atoms with van der Waals surface area (Å²) in [5.74, 6) is -2.63. The van der Waals surface area contributed by atoms with Gasteiger partial charge < -0.3 is 19.7 Å². The summed E-state index contributed by atoms with van der Waals surface area (Å²) in [7, 11) is 0. The maximum atomic E-state index is 13.8. The highest BCUT2D eigenvalue weighted by molar-refractivity contribution is 5.87. The highest BCUT2D eigenvalue weighted by Crippen LogP contribution is 2.27. The molecule has 0 saturated heterocycles. The van der Waals surface area contributed by atoms with Crippen molar-refractivity contribution in [2.45, 2.75) is 13.0 Å². The maximum Gasteiger partial charge on any atom is 0.344 e. The zero-order valence-electron chi connectivity index (χ0n) is 12.0. The molecule has 0 fully saturated rings. The van der Waals surface area contributed by atoms with Gasteiger partial charge in [-0.25, -0.2) is 14.0 Å². The van der Waals surface area contributed by atoms with Crippen LogP contribution in [0.3, 0.4) is 0 Å². The number of carboxylic acid groups (broad SMARTS) is 2. The van der Waals surface area contributed by atoms with Crippen LogP contribution in [0.15, 0.2) is 42.5 Å². The second-order valence-electron chi connectivity index (χ2n) is 4.62. The first-order chi connectivity index (χ1) is 10.9. The highest BCUT2D eigenvalue weighted by Gasteiger charge is 2.13. The van der Waals surface area contributed by atoms with Gasteiger partial charge in [-0.15, -0.1) is 0 Å². The first-order valence-corrected chi connectivity index (χ1v) is 6.57. The van der Waals surface area contributed by atoms with Crippen molar-refractivity contribution in [1.82, 2.24) is 0 Å². The first kappa shape index (κ1) is 16.3. The van der Waals surface area contributed by atoms with Crippen molar-refractivity contribution in [3.63, 3.8) is 0 Å². The lowest BCUT2D eigenvalue weighted by molar-refractivity contribution is -0.144. The Balaban J connectivity index is 2.09. The van der Waals surface area contributed by atoms with Crippen molar-refractivity contribution in [2.75, 3.05) is 0 Å². The molecule has 0 aliphatic carbocycles. The Bertz CT molecular complexity index is 726.